The Morgan fingerprint density at radius 1 is 1.17 bits per heavy atom. The maximum atomic E-state index is 10.4. The number of rotatable bonds is 3. The van der Waals surface area contributed by atoms with Crippen LogP contribution in [0.3, 0.4) is 0 Å². The average Bonchev–Trinajstić information content (AvgIpc) is 2.52. The van der Waals surface area contributed by atoms with Gasteiger partial charge in [-0.1, -0.05) is 22.0 Å². The Labute approximate surface area is 158 Å². The minimum atomic E-state index is 0. The first-order valence-corrected chi connectivity index (χ1v) is 8.56. The number of phenols is 1. The van der Waals surface area contributed by atoms with Crippen molar-refractivity contribution in [3.8, 4) is 5.75 Å². The number of ether oxygens (including phenoxy) is 1. The Morgan fingerprint density at radius 3 is 2.43 bits per heavy atom. The zero-order valence-corrected chi connectivity index (χ0v) is 16.3. The van der Waals surface area contributed by atoms with E-state index in [0.717, 1.165) is 62.3 Å². The lowest BCUT2D eigenvalue weighted by Crippen LogP contribution is -2.47. The Morgan fingerprint density at radius 2 is 1.83 bits per heavy atom. The number of benzene rings is 1. The first-order chi connectivity index (χ1) is 10.3. The van der Waals surface area contributed by atoms with E-state index < -0.39 is 0 Å². The summed E-state index contributed by atoms with van der Waals surface area (Å²) in [5.41, 5.74) is 1.06. The number of nitrogens with zero attached hydrogens (tertiary/aromatic N) is 1. The Bertz CT molecular complexity index is 463. The van der Waals surface area contributed by atoms with Crippen molar-refractivity contribution in [2.75, 3.05) is 39.4 Å². The largest absolute Gasteiger partial charge is 0.508 e. The van der Waals surface area contributed by atoms with Crippen LogP contribution in [0, 0.1) is 5.92 Å². The van der Waals surface area contributed by atoms with E-state index in [9.17, 15) is 5.11 Å². The molecule has 0 aliphatic carbocycles. The van der Waals surface area contributed by atoms with E-state index in [1.807, 2.05) is 12.1 Å². The maximum absolute atomic E-state index is 10.4. The molecule has 23 heavy (non-hydrogen) atoms. The van der Waals surface area contributed by atoms with Crippen LogP contribution in [0.25, 0.3) is 0 Å². The van der Waals surface area contributed by atoms with Gasteiger partial charge in [-0.3, -0.25) is 4.90 Å². The van der Waals surface area contributed by atoms with Crippen LogP contribution < -0.4 is 5.32 Å². The van der Waals surface area contributed by atoms with Crippen molar-refractivity contribution in [1.82, 2.24) is 10.2 Å². The highest BCUT2D eigenvalue weighted by molar-refractivity contribution is 9.10. The predicted octanol–water partition coefficient (Wildman–Crippen LogP) is 3.37. The molecule has 1 aromatic carbocycles. The second kappa shape index (κ2) is 10.1. The van der Waals surface area contributed by atoms with Gasteiger partial charge in [0.15, 0.2) is 0 Å². The van der Waals surface area contributed by atoms with Gasteiger partial charge in [0.05, 0.1) is 0 Å². The summed E-state index contributed by atoms with van der Waals surface area (Å²) in [6.45, 7) is 5.80. The van der Waals surface area contributed by atoms with Gasteiger partial charge in [0.2, 0.25) is 0 Å². The number of piperazine rings is 1. The Kier molecular flexibility index (Phi) is 9.19. The van der Waals surface area contributed by atoms with Gasteiger partial charge in [-0.15, -0.1) is 24.8 Å². The SMILES string of the molecule is Cl.Cl.Oc1cc(Br)ccc1[C@@H](C1CCOCC1)N1CCNCC1. The van der Waals surface area contributed by atoms with Gasteiger partial charge in [-0.25, -0.2) is 0 Å². The Balaban J connectivity index is 0.00000132. The van der Waals surface area contributed by atoms with Crippen LogP contribution in [0.5, 0.6) is 5.75 Å². The monoisotopic (exact) mass is 426 g/mol. The lowest BCUT2D eigenvalue weighted by Gasteiger charge is -2.41. The summed E-state index contributed by atoms with van der Waals surface area (Å²) in [5.74, 6) is 0.961. The van der Waals surface area contributed by atoms with E-state index in [0.29, 0.717) is 17.7 Å². The van der Waals surface area contributed by atoms with Crippen LogP contribution in [-0.4, -0.2) is 49.4 Å². The lowest BCUT2D eigenvalue weighted by atomic mass is 9.85. The highest BCUT2D eigenvalue weighted by atomic mass is 79.9. The van der Waals surface area contributed by atoms with E-state index in [1.54, 1.807) is 0 Å². The fraction of sp³-hybridized carbons (Fsp3) is 0.625. The van der Waals surface area contributed by atoms with Crippen molar-refractivity contribution in [3.63, 3.8) is 0 Å². The molecule has 0 amide bonds. The molecule has 0 spiro atoms. The van der Waals surface area contributed by atoms with Gasteiger partial charge < -0.3 is 15.2 Å². The summed E-state index contributed by atoms with van der Waals surface area (Å²) in [5, 5.41) is 13.8. The molecule has 3 rings (SSSR count). The number of aromatic hydroxyl groups is 1. The number of nitrogens with one attached hydrogen (secondary N) is 1. The molecule has 0 aromatic heterocycles. The topological polar surface area (TPSA) is 44.7 Å². The third-order valence-electron chi connectivity index (χ3n) is 4.57. The summed E-state index contributed by atoms with van der Waals surface area (Å²) in [6.07, 6.45) is 2.15. The quantitative estimate of drug-likeness (QED) is 0.776. The summed E-state index contributed by atoms with van der Waals surface area (Å²) < 4.78 is 6.45. The summed E-state index contributed by atoms with van der Waals surface area (Å²) in [7, 11) is 0. The molecule has 2 aliphatic heterocycles. The molecule has 1 atom stereocenters. The first kappa shape index (κ1) is 21.0. The molecule has 0 unspecified atom stereocenters. The fourth-order valence-corrected chi connectivity index (χ4v) is 3.86. The number of halogens is 3. The molecule has 2 saturated heterocycles. The average molecular weight is 428 g/mol. The minimum absolute atomic E-state index is 0. The lowest BCUT2D eigenvalue weighted by molar-refractivity contribution is 0.0206. The van der Waals surface area contributed by atoms with Gasteiger partial charge in [0.25, 0.3) is 0 Å². The minimum Gasteiger partial charge on any atom is -0.508 e. The fourth-order valence-electron chi connectivity index (χ4n) is 3.51. The van der Waals surface area contributed by atoms with Gasteiger partial charge >= 0.3 is 0 Å². The van der Waals surface area contributed by atoms with Crippen molar-refractivity contribution in [3.05, 3.63) is 28.2 Å². The van der Waals surface area contributed by atoms with Gasteiger partial charge in [0, 0.05) is 55.5 Å². The van der Waals surface area contributed by atoms with Gasteiger partial charge in [0.1, 0.15) is 5.75 Å². The molecule has 4 nitrogen and oxygen atoms in total. The van der Waals surface area contributed by atoms with Crippen LogP contribution in [0.1, 0.15) is 24.4 Å². The molecular weight excluding hydrogens is 403 g/mol. The normalized spacial score (nSPS) is 21.1. The highest BCUT2D eigenvalue weighted by Gasteiger charge is 2.32. The van der Waals surface area contributed by atoms with E-state index in [2.05, 4.69) is 32.2 Å². The molecule has 0 saturated carbocycles. The van der Waals surface area contributed by atoms with Crippen molar-refractivity contribution < 1.29 is 9.84 Å². The molecule has 0 bridgehead atoms. The van der Waals surface area contributed by atoms with Crippen LogP contribution in [-0.2, 0) is 4.74 Å². The van der Waals surface area contributed by atoms with Crippen LogP contribution >= 0.6 is 40.7 Å². The molecule has 2 N–H and O–H groups in total. The molecule has 132 valence electrons. The molecule has 0 radical (unpaired) electrons. The second-order valence-corrected chi connectivity index (χ2v) is 6.80. The summed E-state index contributed by atoms with van der Waals surface area (Å²) >= 11 is 3.43. The maximum Gasteiger partial charge on any atom is 0.121 e. The number of hydrogen-bond acceptors (Lipinski definition) is 4. The molecule has 7 heteroatoms. The van der Waals surface area contributed by atoms with Crippen LogP contribution in [0.2, 0.25) is 0 Å². The van der Waals surface area contributed by atoms with Crippen molar-refractivity contribution in [1.29, 1.82) is 0 Å². The zero-order chi connectivity index (χ0) is 14.7. The smallest absolute Gasteiger partial charge is 0.121 e. The highest BCUT2D eigenvalue weighted by Crippen LogP contribution is 2.39. The summed E-state index contributed by atoms with van der Waals surface area (Å²) in [6, 6.07) is 6.21. The van der Waals surface area contributed by atoms with E-state index in [-0.39, 0.29) is 24.8 Å². The molecular formula is C16H25BrCl2N2O2. The van der Waals surface area contributed by atoms with Gasteiger partial charge in [-0.05, 0) is 30.9 Å². The van der Waals surface area contributed by atoms with Crippen molar-refractivity contribution in [2.45, 2.75) is 18.9 Å². The first-order valence-electron chi connectivity index (χ1n) is 7.76. The van der Waals surface area contributed by atoms with E-state index >= 15 is 0 Å². The molecule has 2 heterocycles. The number of phenolic OH excluding ortho intramolecular Hbond substituents is 1. The third kappa shape index (κ3) is 5.21. The van der Waals surface area contributed by atoms with Crippen molar-refractivity contribution in [2.24, 2.45) is 5.92 Å². The summed E-state index contributed by atoms with van der Waals surface area (Å²) in [4.78, 5) is 2.52. The van der Waals surface area contributed by atoms with E-state index in [4.69, 9.17) is 4.74 Å². The predicted molar refractivity (Wildman–Crippen MR) is 101 cm³/mol. The molecule has 2 aliphatic rings. The molecule has 1 aromatic rings. The standard InChI is InChI=1S/C16H23BrN2O2.2ClH/c17-13-1-2-14(15(20)11-13)16(12-3-9-21-10-4-12)19-7-5-18-6-8-19;;/h1-2,11-12,16,18,20H,3-10H2;2*1H/t16-;;/m1../s1. The van der Waals surface area contributed by atoms with E-state index in [1.165, 1.54) is 0 Å². The Hall–Kier alpha value is -0.0400. The number of hydrogen-bond donors (Lipinski definition) is 2. The zero-order valence-electron chi connectivity index (χ0n) is 13.0. The third-order valence-corrected chi connectivity index (χ3v) is 5.06. The van der Waals surface area contributed by atoms with Crippen LogP contribution in [0.4, 0.5) is 0 Å². The second-order valence-electron chi connectivity index (χ2n) is 5.88. The molecule has 2 fully saturated rings. The van der Waals surface area contributed by atoms with Gasteiger partial charge in [-0.2, -0.15) is 0 Å². The van der Waals surface area contributed by atoms with Crippen molar-refractivity contribution >= 4 is 40.7 Å². The van der Waals surface area contributed by atoms with Crippen LogP contribution in [0.15, 0.2) is 22.7 Å².